The van der Waals surface area contributed by atoms with Crippen molar-refractivity contribution in [3.63, 3.8) is 0 Å². The van der Waals surface area contributed by atoms with Gasteiger partial charge in [-0.2, -0.15) is 0 Å². The summed E-state index contributed by atoms with van der Waals surface area (Å²) in [5.74, 6) is 6.86. The molecule has 0 saturated carbocycles. The lowest BCUT2D eigenvalue weighted by atomic mass is 9.85. The maximum absolute atomic E-state index is 14.1. The number of likely N-dealkylation sites (tertiary alicyclic amines) is 1. The van der Waals surface area contributed by atoms with Crippen molar-refractivity contribution in [1.29, 1.82) is 0 Å². The van der Waals surface area contributed by atoms with Crippen molar-refractivity contribution in [2.24, 2.45) is 5.41 Å². The number of aryl methyl sites for hydroxylation is 1. The Morgan fingerprint density at radius 2 is 1.54 bits per heavy atom. The van der Waals surface area contributed by atoms with E-state index in [0.29, 0.717) is 69.8 Å². The predicted molar refractivity (Wildman–Crippen MR) is 333 cm³/mol. The molecule has 10 rings (SSSR count). The molecule has 0 spiro atoms. The van der Waals surface area contributed by atoms with Gasteiger partial charge in [0.2, 0.25) is 23.6 Å². The minimum Gasteiger partial charge on any atom is -0.391 e. The summed E-state index contributed by atoms with van der Waals surface area (Å²) < 4.78 is 0. The van der Waals surface area contributed by atoms with E-state index >= 15 is 0 Å². The molecule has 5 amide bonds. The normalized spacial score (nSPS) is 16.6. The Bertz CT molecular complexity index is 3650. The topological polar surface area (TPSA) is 206 Å². The van der Waals surface area contributed by atoms with Crippen LogP contribution in [0.1, 0.15) is 102 Å². The monoisotopic (exact) mass is 1160 g/mol. The van der Waals surface area contributed by atoms with Crippen molar-refractivity contribution in [3.8, 4) is 33.7 Å². The van der Waals surface area contributed by atoms with Gasteiger partial charge in [-0.25, -0.2) is 15.0 Å². The maximum atomic E-state index is 14.1. The average molecular weight is 1160 g/mol. The number of unbranched alkanes of at least 4 members (excludes halogenated alkanes) is 1. The molecule has 0 aliphatic carbocycles. The summed E-state index contributed by atoms with van der Waals surface area (Å²) in [6.07, 6.45) is 7.23. The van der Waals surface area contributed by atoms with Crippen molar-refractivity contribution in [2.75, 3.05) is 58.2 Å². The molecule has 0 unspecified atom stereocenters. The molecule has 0 radical (unpaired) electrons. The molecule has 2 fully saturated rings. The van der Waals surface area contributed by atoms with Crippen LogP contribution in [0.3, 0.4) is 0 Å². The smallest absolute Gasteiger partial charge is 0.254 e. The number of fused-ring (bicyclic) bond motifs is 2. The SMILES string of the molecule is CNc1nc(-c2cnc3ccccc3c2)nc2c1CCN(C(=O)c1ccc(/C=C/c3ccc(C#CCN4CCN(C(=O)CCCCC(=O)N[C@H](C(=O)N5C[C@H](O)C[C@H]5C(=O)NCc5ccc(-c6scnc6C)cc5)C(C)(C)C)CC4)cc3)cc1)C2. The third-order valence-corrected chi connectivity index (χ3v) is 17.0. The van der Waals surface area contributed by atoms with Gasteiger partial charge in [-0.3, -0.25) is 33.9 Å². The number of aliphatic hydroxyl groups is 1. The van der Waals surface area contributed by atoms with Gasteiger partial charge in [-0.15, -0.1) is 11.3 Å². The number of aromatic nitrogens is 4. The number of benzene rings is 4. The molecule has 17 nitrogen and oxygen atoms in total. The Labute approximate surface area is 501 Å². The first-order chi connectivity index (χ1) is 41.1. The Hall–Kier alpha value is -8.63. The van der Waals surface area contributed by atoms with Crippen molar-refractivity contribution in [1.82, 2.24) is 50.2 Å². The van der Waals surface area contributed by atoms with Crippen molar-refractivity contribution in [3.05, 3.63) is 160 Å². The van der Waals surface area contributed by atoms with Crippen LogP contribution in [0.5, 0.6) is 0 Å². The fraction of sp³-hybridized carbons (Fsp3) is 0.358. The van der Waals surface area contributed by atoms with E-state index in [1.165, 1.54) is 4.90 Å². The van der Waals surface area contributed by atoms with E-state index in [0.717, 1.165) is 85.0 Å². The molecular weight excluding hydrogens is 1090 g/mol. The van der Waals surface area contributed by atoms with E-state index in [1.807, 2.05) is 165 Å². The van der Waals surface area contributed by atoms with Crippen LogP contribution in [-0.4, -0.2) is 145 Å². The number of thiazole rings is 1. The van der Waals surface area contributed by atoms with Gasteiger partial charge < -0.3 is 35.8 Å². The van der Waals surface area contributed by atoms with Gasteiger partial charge >= 0.3 is 0 Å². The number of β-amino-alcohol motifs (C(OH)–C–C–N with tert-alkyl or cyclic N) is 1. The zero-order chi connectivity index (χ0) is 59.6. The fourth-order valence-corrected chi connectivity index (χ4v) is 11.9. The number of piperazine rings is 1. The molecule has 438 valence electrons. The fourth-order valence-electron chi connectivity index (χ4n) is 11.1. The summed E-state index contributed by atoms with van der Waals surface area (Å²) in [5.41, 5.74) is 11.2. The second-order valence-electron chi connectivity index (χ2n) is 23.2. The summed E-state index contributed by atoms with van der Waals surface area (Å²) in [6, 6.07) is 31.8. The maximum Gasteiger partial charge on any atom is 0.254 e. The Morgan fingerprint density at radius 3 is 2.25 bits per heavy atom. The number of hydrogen-bond acceptors (Lipinski definition) is 13. The third kappa shape index (κ3) is 14.8. The van der Waals surface area contributed by atoms with Gasteiger partial charge in [0.25, 0.3) is 5.91 Å². The third-order valence-electron chi connectivity index (χ3n) is 16.0. The van der Waals surface area contributed by atoms with Crippen LogP contribution in [0.15, 0.2) is 115 Å². The number of nitrogens with zero attached hydrogens (tertiary/aromatic N) is 8. The van der Waals surface area contributed by atoms with Crippen LogP contribution in [-0.2, 0) is 38.7 Å². The molecule has 3 atom stereocenters. The highest BCUT2D eigenvalue weighted by Gasteiger charge is 2.44. The van der Waals surface area contributed by atoms with Crippen molar-refractivity contribution < 1.29 is 29.1 Å². The van der Waals surface area contributed by atoms with Gasteiger partial charge in [0.05, 0.1) is 46.5 Å². The van der Waals surface area contributed by atoms with Crippen LogP contribution in [0.2, 0.25) is 0 Å². The van der Waals surface area contributed by atoms with E-state index in [1.54, 1.807) is 17.5 Å². The average Bonchev–Trinajstić information content (AvgIpc) is 2.98. The van der Waals surface area contributed by atoms with E-state index in [9.17, 15) is 29.1 Å². The highest BCUT2D eigenvalue weighted by atomic mass is 32.1. The second-order valence-corrected chi connectivity index (χ2v) is 24.0. The first-order valence-corrected chi connectivity index (χ1v) is 30.1. The number of rotatable bonds is 17. The van der Waals surface area contributed by atoms with E-state index in [4.69, 9.17) is 9.97 Å². The summed E-state index contributed by atoms with van der Waals surface area (Å²) in [5, 5.41) is 20.8. The van der Waals surface area contributed by atoms with Crippen molar-refractivity contribution in [2.45, 2.75) is 97.5 Å². The molecule has 0 bridgehead atoms. The molecule has 3 aromatic heterocycles. The van der Waals surface area contributed by atoms with Gasteiger partial charge in [-0.05, 0) is 90.3 Å². The summed E-state index contributed by atoms with van der Waals surface area (Å²) >= 11 is 1.57. The number of aliphatic hydroxyl groups excluding tert-OH is 1. The van der Waals surface area contributed by atoms with Gasteiger partial charge in [-0.1, -0.05) is 111 Å². The first-order valence-electron chi connectivity index (χ1n) is 29.2. The highest BCUT2D eigenvalue weighted by molar-refractivity contribution is 7.13. The summed E-state index contributed by atoms with van der Waals surface area (Å²) in [4.78, 5) is 95.1. The number of carbonyl (C=O) groups is 5. The lowest BCUT2D eigenvalue weighted by molar-refractivity contribution is -0.144. The van der Waals surface area contributed by atoms with E-state index in [-0.39, 0.29) is 49.6 Å². The molecule has 3 aliphatic heterocycles. The molecule has 6 heterocycles. The molecule has 18 heteroatoms. The number of anilines is 1. The summed E-state index contributed by atoms with van der Waals surface area (Å²) in [7, 11) is 1.86. The number of nitrogens with one attached hydrogen (secondary N) is 3. The molecule has 4 aromatic carbocycles. The molecule has 4 N–H and O–H groups in total. The van der Waals surface area contributed by atoms with Gasteiger partial charge in [0.1, 0.15) is 17.9 Å². The van der Waals surface area contributed by atoms with Crippen molar-refractivity contribution >= 4 is 69.7 Å². The second kappa shape index (κ2) is 27.0. The predicted octanol–water partition coefficient (Wildman–Crippen LogP) is 8.40. The quantitative estimate of drug-likeness (QED) is 0.0386. The summed E-state index contributed by atoms with van der Waals surface area (Å²) in [6.45, 7) is 12.0. The van der Waals surface area contributed by atoms with Crippen LogP contribution >= 0.6 is 11.3 Å². The lowest BCUT2D eigenvalue weighted by Gasteiger charge is -2.35. The molecule has 2 saturated heterocycles. The number of para-hydroxylation sites is 1. The van der Waals surface area contributed by atoms with Crippen LogP contribution in [0.4, 0.5) is 5.82 Å². The first kappa shape index (κ1) is 59.5. The van der Waals surface area contributed by atoms with E-state index < -0.39 is 29.5 Å². The van der Waals surface area contributed by atoms with Gasteiger partial charge in [0.15, 0.2) is 5.82 Å². The van der Waals surface area contributed by atoms with Crippen LogP contribution < -0.4 is 16.0 Å². The van der Waals surface area contributed by atoms with E-state index in [2.05, 4.69) is 42.7 Å². The Balaban J connectivity index is 0.621. The highest BCUT2D eigenvalue weighted by Crippen LogP contribution is 2.31. The Morgan fingerprint density at radius 1 is 0.824 bits per heavy atom. The number of pyridine rings is 1. The van der Waals surface area contributed by atoms with Crippen LogP contribution in [0.25, 0.3) is 44.9 Å². The number of carbonyl (C=O) groups excluding carboxylic acids is 5. The Kier molecular flexibility index (Phi) is 18.9. The minimum absolute atomic E-state index is 0.00567. The number of amides is 5. The molecular formula is C67H73N11O6S. The zero-order valence-electron chi connectivity index (χ0n) is 48.9. The molecule has 3 aliphatic rings. The molecule has 7 aromatic rings. The zero-order valence-corrected chi connectivity index (χ0v) is 49.8. The number of hydrogen-bond donors (Lipinski definition) is 4. The standard InChI is InChI=1S/C67H73N11O6S/c1-44-60(85-43-71-44)49-26-24-48(25-27-49)39-70-64(82)57-38-53(79)41-78(57)66(84)61(67(2,3)4)73-58(80)14-8-9-15-59(81)76-35-33-75(34-36-76)31-10-11-45-16-18-46(19-17-45)20-21-47-22-28-50(29-23-47)65(83)77-32-30-54-56(42-77)72-62(74-63(54)68-5)52-37-51-12-6-7-13-55(51)69-40-52/h6-7,12-13,16-29,37,40,43,53,57,61,79H,8-9,14-15,30-36,38-39,41-42H2,1-5H3,(H,70,82)(H,73,80)(H,68,72,74)/b21-20+/t53-,57+,61-/m1/s1. The lowest BCUT2D eigenvalue weighted by Crippen LogP contribution is -2.57. The van der Waals surface area contributed by atoms with Crippen LogP contribution in [0, 0.1) is 24.2 Å². The molecule has 85 heavy (non-hydrogen) atoms. The minimum atomic E-state index is -0.925. The largest absolute Gasteiger partial charge is 0.391 e. The van der Waals surface area contributed by atoms with Gasteiger partial charge in [0, 0.05) is 106 Å².